The second-order valence-corrected chi connectivity index (χ2v) is 5.46. The molecule has 1 aromatic rings. The van der Waals surface area contributed by atoms with Gasteiger partial charge in [-0.1, -0.05) is 0 Å². The number of ketones is 1. The summed E-state index contributed by atoms with van der Waals surface area (Å²) in [5.41, 5.74) is 1.45. The van der Waals surface area contributed by atoms with Crippen molar-refractivity contribution in [3.05, 3.63) is 21.9 Å². The van der Waals surface area contributed by atoms with Crippen molar-refractivity contribution >= 4 is 17.1 Å². The maximum absolute atomic E-state index is 11.7. The SMILES string of the molecule is O=C1CCCC1N1CCc2sccc2C1. The molecule has 1 saturated carbocycles. The van der Waals surface area contributed by atoms with E-state index in [0.717, 1.165) is 38.8 Å². The number of hydrogen-bond acceptors (Lipinski definition) is 3. The van der Waals surface area contributed by atoms with Crippen molar-refractivity contribution in [2.75, 3.05) is 6.54 Å². The topological polar surface area (TPSA) is 20.3 Å². The average molecular weight is 221 g/mol. The number of carbonyl (C=O) groups excluding carboxylic acids is 1. The van der Waals surface area contributed by atoms with Crippen LogP contribution in [0.5, 0.6) is 0 Å². The molecular formula is C12H15NOS. The van der Waals surface area contributed by atoms with E-state index >= 15 is 0 Å². The second-order valence-electron chi connectivity index (χ2n) is 4.46. The summed E-state index contributed by atoms with van der Waals surface area (Å²) in [6.07, 6.45) is 4.11. The minimum Gasteiger partial charge on any atom is -0.298 e. The lowest BCUT2D eigenvalue weighted by atomic mass is 10.1. The van der Waals surface area contributed by atoms with Gasteiger partial charge < -0.3 is 0 Å². The van der Waals surface area contributed by atoms with E-state index in [2.05, 4.69) is 16.3 Å². The lowest BCUT2D eigenvalue weighted by Gasteiger charge is -2.31. The van der Waals surface area contributed by atoms with E-state index in [1.165, 1.54) is 10.4 Å². The fourth-order valence-electron chi connectivity index (χ4n) is 2.72. The Morgan fingerprint density at radius 3 is 3.13 bits per heavy atom. The summed E-state index contributed by atoms with van der Waals surface area (Å²) in [5, 5.41) is 2.17. The minimum atomic E-state index is 0.234. The highest BCUT2D eigenvalue weighted by Gasteiger charge is 2.32. The van der Waals surface area contributed by atoms with Crippen LogP contribution in [0.2, 0.25) is 0 Å². The first-order valence-electron chi connectivity index (χ1n) is 5.66. The molecule has 80 valence electrons. The van der Waals surface area contributed by atoms with Crippen LogP contribution in [0.15, 0.2) is 11.4 Å². The fraction of sp³-hybridized carbons (Fsp3) is 0.583. The van der Waals surface area contributed by atoms with E-state index in [1.54, 1.807) is 0 Å². The summed E-state index contributed by atoms with van der Waals surface area (Å²) in [5.74, 6) is 0.466. The Morgan fingerprint density at radius 2 is 2.33 bits per heavy atom. The molecule has 2 heterocycles. The van der Waals surface area contributed by atoms with Crippen LogP contribution >= 0.6 is 11.3 Å². The molecule has 0 radical (unpaired) electrons. The molecule has 1 atom stereocenters. The zero-order valence-electron chi connectivity index (χ0n) is 8.74. The Bertz CT molecular complexity index is 385. The predicted octanol–water partition coefficient (Wildman–Crippen LogP) is 2.23. The Kier molecular flexibility index (Phi) is 2.37. The predicted molar refractivity (Wildman–Crippen MR) is 61.1 cm³/mol. The van der Waals surface area contributed by atoms with Gasteiger partial charge in [0, 0.05) is 24.4 Å². The standard InChI is InChI=1S/C12H15NOS/c14-11-3-1-2-10(11)13-6-4-12-9(8-13)5-7-15-12/h5,7,10H,1-4,6,8H2. The van der Waals surface area contributed by atoms with Gasteiger partial charge in [0.15, 0.2) is 0 Å². The lowest BCUT2D eigenvalue weighted by molar-refractivity contribution is -0.122. The van der Waals surface area contributed by atoms with Crippen LogP contribution in [0.1, 0.15) is 29.7 Å². The molecule has 0 N–H and O–H groups in total. The zero-order chi connectivity index (χ0) is 10.3. The van der Waals surface area contributed by atoms with Crippen molar-refractivity contribution in [3.63, 3.8) is 0 Å². The smallest absolute Gasteiger partial charge is 0.149 e. The van der Waals surface area contributed by atoms with Gasteiger partial charge in [0.05, 0.1) is 6.04 Å². The highest BCUT2D eigenvalue weighted by Crippen LogP contribution is 2.29. The van der Waals surface area contributed by atoms with Crippen molar-refractivity contribution in [2.45, 2.75) is 38.3 Å². The quantitative estimate of drug-likeness (QED) is 0.725. The van der Waals surface area contributed by atoms with Crippen LogP contribution in [0.4, 0.5) is 0 Å². The number of rotatable bonds is 1. The first-order chi connectivity index (χ1) is 7.34. The van der Waals surface area contributed by atoms with E-state index in [-0.39, 0.29) is 6.04 Å². The molecule has 2 nitrogen and oxygen atoms in total. The maximum Gasteiger partial charge on any atom is 0.149 e. The van der Waals surface area contributed by atoms with Crippen molar-refractivity contribution in [1.29, 1.82) is 0 Å². The minimum absolute atomic E-state index is 0.234. The van der Waals surface area contributed by atoms with E-state index in [0.29, 0.717) is 5.78 Å². The average Bonchev–Trinajstić information content (AvgIpc) is 2.84. The summed E-state index contributed by atoms with van der Waals surface area (Å²) in [7, 11) is 0. The van der Waals surface area contributed by atoms with Gasteiger partial charge in [-0.15, -0.1) is 11.3 Å². The van der Waals surface area contributed by atoms with E-state index in [9.17, 15) is 4.79 Å². The first kappa shape index (κ1) is 9.55. The first-order valence-corrected chi connectivity index (χ1v) is 6.54. The summed E-state index contributed by atoms with van der Waals surface area (Å²) in [4.78, 5) is 15.6. The summed E-state index contributed by atoms with van der Waals surface area (Å²) in [6.45, 7) is 2.07. The molecule has 3 rings (SSSR count). The summed E-state index contributed by atoms with van der Waals surface area (Å²) >= 11 is 1.86. The molecule has 15 heavy (non-hydrogen) atoms. The van der Waals surface area contributed by atoms with Gasteiger partial charge in [0.25, 0.3) is 0 Å². The number of hydrogen-bond donors (Lipinski definition) is 0. The largest absolute Gasteiger partial charge is 0.298 e. The van der Waals surface area contributed by atoms with Crippen molar-refractivity contribution in [3.8, 4) is 0 Å². The Labute approximate surface area is 93.9 Å². The normalized spacial score (nSPS) is 26.9. The van der Waals surface area contributed by atoms with Crippen molar-refractivity contribution in [1.82, 2.24) is 4.90 Å². The molecular weight excluding hydrogens is 206 g/mol. The summed E-state index contributed by atoms with van der Waals surface area (Å²) in [6, 6.07) is 2.45. The summed E-state index contributed by atoms with van der Waals surface area (Å²) < 4.78 is 0. The van der Waals surface area contributed by atoms with Crippen LogP contribution in [0.25, 0.3) is 0 Å². The highest BCUT2D eigenvalue weighted by molar-refractivity contribution is 7.10. The Balaban J connectivity index is 1.78. The molecule has 1 unspecified atom stereocenters. The molecule has 0 spiro atoms. The lowest BCUT2D eigenvalue weighted by Crippen LogP contribution is -2.41. The van der Waals surface area contributed by atoms with Crippen LogP contribution < -0.4 is 0 Å². The molecule has 1 aliphatic carbocycles. The maximum atomic E-state index is 11.7. The Morgan fingerprint density at radius 1 is 1.40 bits per heavy atom. The number of Topliss-reactive ketones (excluding diaryl/α,β-unsaturated/α-hetero) is 1. The zero-order valence-corrected chi connectivity index (χ0v) is 9.55. The molecule has 0 bridgehead atoms. The van der Waals surface area contributed by atoms with E-state index in [4.69, 9.17) is 0 Å². The van der Waals surface area contributed by atoms with Gasteiger partial charge >= 0.3 is 0 Å². The third-order valence-electron chi connectivity index (χ3n) is 3.55. The van der Waals surface area contributed by atoms with Gasteiger partial charge in [0.2, 0.25) is 0 Å². The molecule has 1 aromatic heterocycles. The molecule has 0 saturated heterocycles. The van der Waals surface area contributed by atoms with Gasteiger partial charge in [0.1, 0.15) is 5.78 Å². The van der Waals surface area contributed by atoms with Crippen molar-refractivity contribution < 1.29 is 4.79 Å². The van der Waals surface area contributed by atoms with E-state index < -0.39 is 0 Å². The second kappa shape index (κ2) is 3.72. The van der Waals surface area contributed by atoms with Gasteiger partial charge in [-0.2, -0.15) is 0 Å². The van der Waals surface area contributed by atoms with Crippen molar-refractivity contribution in [2.24, 2.45) is 0 Å². The fourth-order valence-corrected chi connectivity index (χ4v) is 3.61. The number of carbonyl (C=O) groups is 1. The molecule has 1 fully saturated rings. The molecule has 1 aliphatic heterocycles. The third kappa shape index (κ3) is 1.64. The van der Waals surface area contributed by atoms with Gasteiger partial charge in [-0.25, -0.2) is 0 Å². The van der Waals surface area contributed by atoms with Gasteiger partial charge in [-0.3, -0.25) is 9.69 Å². The van der Waals surface area contributed by atoms with Crippen LogP contribution in [0, 0.1) is 0 Å². The van der Waals surface area contributed by atoms with Gasteiger partial charge in [-0.05, 0) is 36.3 Å². The van der Waals surface area contributed by atoms with Crippen LogP contribution in [0.3, 0.4) is 0 Å². The Hall–Kier alpha value is -0.670. The molecule has 0 amide bonds. The molecule has 3 heteroatoms. The highest BCUT2D eigenvalue weighted by atomic mass is 32.1. The van der Waals surface area contributed by atoms with Crippen LogP contribution in [-0.4, -0.2) is 23.3 Å². The molecule has 2 aliphatic rings. The number of nitrogens with zero attached hydrogens (tertiary/aromatic N) is 1. The molecule has 0 aromatic carbocycles. The monoisotopic (exact) mass is 221 g/mol. The number of thiophene rings is 1. The number of fused-ring (bicyclic) bond motifs is 1. The third-order valence-corrected chi connectivity index (χ3v) is 4.57. The van der Waals surface area contributed by atoms with Crippen LogP contribution in [-0.2, 0) is 17.8 Å². The van der Waals surface area contributed by atoms with E-state index in [1.807, 2.05) is 11.3 Å².